The van der Waals surface area contributed by atoms with Crippen molar-refractivity contribution < 1.29 is 14.6 Å². The SMILES string of the molecule is O=C(CCCOc1ccccc1Cl)Nc1cc(-c2ccc(Cl)cc2)nn1CCO. The van der Waals surface area contributed by atoms with E-state index in [0.29, 0.717) is 40.3 Å². The Bertz CT molecular complexity index is 958. The molecule has 0 aliphatic rings. The zero-order valence-corrected chi connectivity index (χ0v) is 17.2. The van der Waals surface area contributed by atoms with E-state index in [1.54, 1.807) is 35.0 Å². The first-order valence-electron chi connectivity index (χ1n) is 9.18. The third-order valence-corrected chi connectivity index (χ3v) is 4.71. The van der Waals surface area contributed by atoms with Crippen LogP contribution >= 0.6 is 23.2 Å². The van der Waals surface area contributed by atoms with Crippen molar-refractivity contribution >= 4 is 34.9 Å². The molecule has 2 aromatic carbocycles. The fourth-order valence-corrected chi connectivity index (χ4v) is 3.04. The summed E-state index contributed by atoms with van der Waals surface area (Å²) in [6.45, 7) is 0.568. The number of carbonyl (C=O) groups is 1. The topological polar surface area (TPSA) is 76.4 Å². The molecular formula is C21H21Cl2N3O3. The van der Waals surface area contributed by atoms with Gasteiger partial charge in [0, 0.05) is 23.1 Å². The second-order valence-electron chi connectivity index (χ2n) is 6.30. The number of aliphatic hydroxyl groups excluding tert-OH is 1. The van der Waals surface area contributed by atoms with Crippen LogP contribution in [0.25, 0.3) is 11.3 Å². The van der Waals surface area contributed by atoms with E-state index in [2.05, 4.69) is 10.4 Å². The molecule has 0 bridgehead atoms. The van der Waals surface area contributed by atoms with Crippen LogP contribution in [0.15, 0.2) is 54.6 Å². The van der Waals surface area contributed by atoms with Crippen molar-refractivity contribution in [3.8, 4) is 17.0 Å². The van der Waals surface area contributed by atoms with Gasteiger partial charge >= 0.3 is 0 Å². The highest BCUT2D eigenvalue weighted by Gasteiger charge is 2.12. The maximum Gasteiger partial charge on any atom is 0.225 e. The summed E-state index contributed by atoms with van der Waals surface area (Å²) < 4.78 is 7.17. The highest BCUT2D eigenvalue weighted by atomic mass is 35.5. The van der Waals surface area contributed by atoms with E-state index in [1.807, 2.05) is 24.3 Å². The lowest BCUT2D eigenvalue weighted by Gasteiger charge is -2.09. The minimum absolute atomic E-state index is 0.0870. The lowest BCUT2D eigenvalue weighted by Crippen LogP contribution is -2.17. The van der Waals surface area contributed by atoms with Crippen LogP contribution in [0.5, 0.6) is 5.75 Å². The Kier molecular flexibility index (Phi) is 7.52. The number of amides is 1. The first-order valence-corrected chi connectivity index (χ1v) is 9.94. The molecule has 0 radical (unpaired) electrons. The maximum atomic E-state index is 12.3. The molecule has 1 amide bonds. The van der Waals surface area contributed by atoms with Gasteiger partial charge in [-0.05, 0) is 30.7 Å². The van der Waals surface area contributed by atoms with Crippen LogP contribution in [-0.4, -0.2) is 34.0 Å². The molecule has 0 atom stereocenters. The molecule has 0 saturated heterocycles. The van der Waals surface area contributed by atoms with Gasteiger partial charge in [0.1, 0.15) is 11.6 Å². The molecule has 0 fully saturated rings. The van der Waals surface area contributed by atoms with Crippen LogP contribution < -0.4 is 10.1 Å². The van der Waals surface area contributed by atoms with E-state index in [4.69, 9.17) is 27.9 Å². The van der Waals surface area contributed by atoms with Gasteiger partial charge < -0.3 is 15.2 Å². The molecule has 1 heterocycles. The lowest BCUT2D eigenvalue weighted by atomic mass is 10.1. The second kappa shape index (κ2) is 10.3. The van der Waals surface area contributed by atoms with E-state index in [-0.39, 0.29) is 25.5 Å². The molecular weight excluding hydrogens is 413 g/mol. The molecule has 0 aliphatic heterocycles. The third kappa shape index (κ3) is 5.97. The Morgan fingerprint density at radius 1 is 1.14 bits per heavy atom. The van der Waals surface area contributed by atoms with Crippen LogP contribution in [-0.2, 0) is 11.3 Å². The number of para-hydroxylation sites is 1. The molecule has 3 rings (SSSR count). The Hall–Kier alpha value is -2.54. The fraction of sp³-hybridized carbons (Fsp3) is 0.238. The summed E-state index contributed by atoms with van der Waals surface area (Å²) in [5.41, 5.74) is 1.56. The third-order valence-electron chi connectivity index (χ3n) is 4.14. The fourth-order valence-electron chi connectivity index (χ4n) is 2.73. The number of halogens is 2. The molecule has 3 aromatic rings. The molecule has 0 saturated carbocycles. The number of nitrogens with zero attached hydrogens (tertiary/aromatic N) is 2. The average Bonchev–Trinajstić information content (AvgIpc) is 3.10. The van der Waals surface area contributed by atoms with Gasteiger partial charge in [0.15, 0.2) is 0 Å². The van der Waals surface area contributed by atoms with E-state index in [0.717, 1.165) is 5.56 Å². The zero-order chi connectivity index (χ0) is 20.6. The minimum atomic E-state index is -0.158. The summed E-state index contributed by atoms with van der Waals surface area (Å²) in [4.78, 5) is 12.3. The number of hydrogen-bond donors (Lipinski definition) is 2. The van der Waals surface area contributed by atoms with Crippen molar-refractivity contribution in [1.82, 2.24) is 9.78 Å². The van der Waals surface area contributed by atoms with Crippen molar-refractivity contribution in [2.75, 3.05) is 18.5 Å². The second-order valence-corrected chi connectivity index (χ2v) is 7.14. The van der Waals surface area contributed by atoms with Crippen molar-refractivity contribution in [2.45, 2.75) is 19.4 Å². The smallest absolute Gasteiger partial charge is 0.225 e. The average molecular weight is 434 g/mol. The molecule has 8 heteroatoms. The maximum absolute atomic E-state index is 12.3. The van der Waals surface area contributed by atoms with Crippen molar-refractivity contribution in [3.63, 3.8) is 0 Å². The van der Waals surface area contributed by atoms with Crippen LogP contribution in [0.2, 0.25) is 10.0 Å². The van der Waals surface area contributed by atoms with Gasteiger partial charge in [0.25, 0.3) is 0 Å². The van der Waals surface area contributed by atoms with Gasteiger partial charge in [-0.25, -0.2) is 4.68 Å². The molecule has 0 spiro atoms. The predicted molar refractivity (Wildman–Crippen MR) is 115 cm³/mol. The molecule has 29 heavy (non-hydrogen) atoms. The number of aromatic nitrogens is 2. The molecule has 6 nitrogen and oxygen atoms in total. The van der Waals surface area contributed by atoms with Gasteiger partial charge in [0.2, 0.25) is 5.91 Å². The van der Waals surface area contributed by atoms with E-state index in [9.17, 15) is 9.90 Å². The Morgan fingerprint density at radius 3 is 2.62 bits per heavy atom. The summed E-state index contributed by atoms with van der Waals surface area (Å²) >= 11 is 12.0. The number of benzene rings is 2. The van der Waals surface area contributed by atoms with Crippen molar-refractivity contribution in [2.24, 2.45) is 0 Å². The Morgan fingerprint density at radius 2 is 1.90 bits per heavy atom. The largest absolute Gasteiger partial charge is 0.492 e. The van der Waals surface area contributed by atoms with Gasteiger partial charge in [0.05, 0.1) is 30.5 Å². The normalized spacial score (nSPS) is 10.7. The van der Waals surface area contributed by atoms with E-state index >= 15 is 0 Å². The summed E-state index contributed by atoms with van der Waals surface area (Å²) in [5.74, 6) is 0.971. The monoisotopic (exact) mass is 433 g/mol. The van der Waals surface area contributed by atoms with Gasteiger partial charge in [-0.15, -0.1) is 0 Å². The molecule has 152 valence electrons. The van der Waals surface area contributed by atoms with Crippen molar-refractivity contribution in [3.05, 3.63) is 64.6 Å². The minimum Gasteiger partial charge on any atom is -0.492 e. The van der Waals surface area contributed by atoms with Crippen molar-refractivity contribution in [1.29, 1.82) is 0 Å². The Balaban J connectivity index is 1.57. The number of ether oxygens (including phenoxy) is 1. The standard InChI is InChI=1S/C21H21Cl2N3O3/c22-16-9-7-15(8-10-16)18-14-20(26(25-18)11-12-27)24-21(28)6-3-13-29-19-5-2-1-4-17(19)23/h1-2,4-5,7-10,14,27H,3,6,11-13H2,(H,24,28). The first-order chi connectivity index (χ1) is 14.1. The summed E-state index contributed by atoms with van der Waals surface area (Å²) in [7, 11) is 0. The summed E-state index contributed by atoms with van der Waals surface area (Å²) in [6.07, 6.45) is 0.820. The molecule has 0 aliphatic carbocycles. The number of hydrogen-bond acceptors (Lipinski definition) is 4. The van der Waals surface area contributed by atoms with Crippen LogP contribution in [0.1, 0.15) is 12.8 Å². The summed E-state index contributed by atoms with van der Waals surface area (Å²) in [5, 5.41) is 17.8. The first kappa shape index (κ1) is 21.2. The Labute approximate surface area is 179 Å². The number of anilines is 1. The molecule has 0 unspecified atom stereocenters. The lowest BCUT2D eigenvalue weighted by molar-refractivity contribution is -0.116. The van der Waals surface area contributed by atoms with E-state index < -0.39 is 0 Å². The van der Waals surface area contributed by atoms with Crippen LogP contribution in [0, 0.1) is 0 Å². The zero-order valence-electron chi connectivity index (χ0n) is 15.6. The number of carbonyl (C=O) groups excluding carboxylic acids is 1. The highest BCUT2D eigenvalue weighted by Crippen LogP contribution is 2.25. The van der Waals surface area contributed by atoms with Crippen LogP contribution in [0.3, 0.4) is 0 Å². The number of nitrogens with one attached hydrogen (secondary N) is 1. The molecule has 1 aromatic heterocycles. The molecule has 2 N–H and O–H groups in total. The van der Waals surface area contributed by atoms with Gasteiger partial charge in [-0.2, -0.15) is 5.10 Å². The quantitative estimate of drug-likeness (QED) is 0.481. The number of aliphatic hydroxyl groups is 1. The van der Waals surface area contributed by atoms with Crippen LogP contribution in [0.4, 0.5) is 5.82 Å². The predicted octanol–water partition coefficient (Wildman–Crippen LogP) is 4.65. The summed E-state index contributed by atoms with van der Waals surface area (Å²) in [6, 6.07) is 16.2. The van der Waals surface area contributed by atoms with E-state index in [1.165, 1.54) is 0 Å². The highest BCUT2D eigenvalue weighted by molar-refractivity contribution is 6.32. The van der Waals surface area contributed by atoms with Gasteiger partial charge in [-0.3, -0.25) is 4.79 Å². The number of rotatable bonds is 9. The van der Waals surface area contributed by atoms with Gasteiger partial charge in [-0.1, -0.05) is 47.5 Å².